The van der Waals surface area contributed by atoms with Crippen LogP contribution in [0.5, 0.6) is 0 Å². The van der Waals surface area contributed by atoms with E-state index >= 15 is 0 Å². The van der Waals surface area contributed by atoms with Gasteiger partial charge in [0.25, 0.3) is 5.91 Å². The van der Waals surface area contributed by atoms with Crippen LogP contribution in [0.25, 0.3) is 0 Å². The van der Waals surface area contributed by atoms with Crippen molar-refractivity contribution in [1.29, 1.82) is 0 Å². The molecule has 3 aromatic rings. The molecule has 1 heterocycles. The van der Waals surface area contributed by atoms with Crippen molar-refractivity contribution < 1.29 is 21.6 Å². The van der Waals surface area contributed by atoms with Crippen molar-refractivity contribution in [3.8, 4) is 0 Å². The molecule has 1 fully saturated rings. The lowest BCUT2D eigenvalue weighted by molar-refractivity contribution is -0.125. The second kappa shape index (κ2) is 11.0. The Hall–Kier alpha value is -2.90. The molecule has 1 amide bonds. The fourth-order valence-electron chi connectivity index (χ4n) is 3.72. The monoisotopic (exact) mass is 590 g/mol. The van der Waals surface area contributed by atoms with E-state index in [2.05, 4.69) is 26.5 Å². The summed E-state index contributed by atoms with van der Waals surface area (Å²) >= 11 is 3.34. The Bertz CT molecular complexity index is 1450. The number of nitrogens with zero attached hydrogens (tertiary/aromatic N) is 3. The van der Waals surface area contributed by atoms with Gasteiger partial charge in [-0.2, -0.15) is 13.7 Å². The number of rotatable bonds is 7. The molecule has 0 bridgehead atoms. The fraction of sp³-hybridized carbons (Fsp3) is 0.167. The van der Waals surface area contributed by atoms with Crippen LogP contribution in [0, 0.1) is 0 Å². The van der Waals surface area contributed by atoms with E-state index in [0.717, 1.165) is 13.1 Å². The maximum absolute atomic E-state index is 13.4. The van der Waals surface area contributed by atoms with Gasteiger partial charge in [0.05, 0.1) is 16.0 Å². The number of benzene rings is 3. The van der Waals surface area contributed by atoms with Gasteiger partial charge in [-0.25, -0.2) is 22.3 Å². The highest BCUT2D eigenvalue weighted by molar-refractivity contribution is 9.10. The summed E-state index contributed by atoms with van der Waals surface area (Å²) in [7, 11) is -8.02. The van der Waals surface area contributed by atoms with Crippen molar-refractivity contribution >= 4 is 48.1 Å². The van der Waals surface area contributed by atoms with Gasteiger partial charge in [0, 0.05) is 24.1 Å². The molecule has 0 radical (unpaired) electrons. The number of hydrazone groups is 1. The Morgan fingerprint density at radius 3 is 1.97 bits per heavy atom. The zero-order chi connectivity index (χ0) is 25.8. The van der Waals surface area contributed by atoms with E-state index in [0.29, 0.717) is 5.56 Å². The van der Waals surface area contributed by atoms with E-state index < -0.39 is 32.0 Å². The highest BCUT2D eigenvalue weighted by Gasteiger charge is 2.43. The average Bonchev–Trinajstić information content (AvgIpc) is 2.90. The van der Waals surface area contributed by atoms with E-state index in [1.807, 2.05) is 12.1 Å². The Labute approximate surface area is 218 Å². The molecule has 12 heteroatoms. The van der Waals surface area contributed by atoms with Crippen LogP contribution >= 0.6 is 15.9 Å². The summed E-state index contributed by atoms with van der Waals surface area (Å²) in [6.07, 6.45) is 1.42. The molecule has 4 rings (SSSR count). The van der Waals surface area contributed by atoms with Crippen LogP contribution in [-0.2, 0) is 24.8 Å². The SMILES string of the molecule is O=C(N/N=C\c1ccc(Br)cc1)[C@@H]1CN(S(=O)(=O)c2ccccc2)CCN1S(=O)(=O)c1ccccc1. The van der Waals surface area contributed by atoms with E-state index in [-0.39, 0.29) is 29.4 Å². The Kier molecular flexibility index (Phi) is 8.00. The first kappa shape index (κ1) is 26.2. The van der Waals surface area contributed by atoms with Gasteiger partial charge in [-0.3, -0.25) is 4.79 Å². The van der Waals surface area contributed by atoms with Gasteiger partial charge in [0.15, 0.2) is 0 Å². The van der Waals surface area contributed by atoms with Crippen LogP contribution in [0.15, 0.2) is 104 Å². The second-order valence-electron chi connectivity index (χ2n) is 7.91. The molecule has 0 aromatic heterocycles. The summed E-state index contributed by atoms with van der Waals surface area (Å²) in [5.74, 6) is -0.740. The Balaban J connectivity index is 1.62. The van der Waals surface area contributed by atoms with Crippen molar-refractivity contribution in [2.45, 2.75) is 15.8 Å². The van der Waals surface area contributed by atoms with Crippen molar-refractivity contribution in [3.05, 3.63) is 95.0 Å². The molecular weight excluding hydrogens is 568 g/mol. The molecule has 9 nitrogen and oxygen atoms in total. The van der Waals surface area contributed by atoms with E-state index in [1.165, 1.54) is 30.5 Å². The molecule has 0 unspecified atom stereocenters. The molecular formula is C24H23BrN4O5S2. The molecule has 0 spiro atoms. The van der Waals surface area contributed by atoms with Crippen LogP contribution in [0.1, 0.15) is 5.56 Å². The summed E-state index contributed by atoms with van der Waals surface area (Å²) < 4.78 is 56.2. The van der Waals surface area contributed by atoms with E-state index in [1.54, 1.807) is 48.5 Å². The fourth-order valence-corrected chi connectivity index (χ4v) is 7.04. The molecule has 0 aliphatic carbocycles. The number of sulfonamides is 2. The number of carbonyl (C=O) groups excluding carboxylic acids is 1. The van der Waals surface area contributed by atoms with Crippen molar-refractivity contribution in [2.75, 3.05) is 19.6 Å². The molecule has 0 saturated carbocycles. The van der Waals surface area contributed by atoms with E-state index in [4.69, 9.17) is 0 Å². The van der Waals surface area contributed by atoms with Gasteiger partial charge >= 0.3 is 0 Å². The van der Waals surface area contributed by atoms with Gasteiger partial charge in [-0.05, 0) is 42.0 Å². The minimum atomic E-state index is -4.08. The first-order chi connectivity index (χ1) is 17.2. The standard InChI is InChI=1S/C24H23BrN4O5S2/c25-20-13-11-19(12-14-20)17-26-27-24(30)23-18-28(35(31,32)21-7-3-1-4-8-21)15-16-29(23)36(33,34)22-9-5-2-6-10-22/h1-14,17,23H,15-16,18H2,(H,27,30)/b26-17-/t23-/m0/s1. The predicted octanol–water partition coefficient (Wildman–Crippen LogP) is 2.66. The summed E-state index contributed by atoms with van der Waals surface area (Å²) in [5, 5.41) is 3.95. The summed E-state index contributed by atoms with van der Waals surface area (Å²) in [4.78, 5) is 13.3. The molecule has 1 saturated heterocycles. The number of nitrogens with one attached hydrogen (secondary N) is 1. The zero-order valence-corrected chi connectivity index (χ0v) is 22.2. The number of piperazine rings is 1. The largest absolute Gasteiger partial charge is 0.271 e. The number of hydrogen-bond acceptors (Lipinski definition) is 6. The summed E-state index contributed by atoms with van der Waals surface area (Å²) in [5.41, 5.74) is 3.08. The van der Waals surface area contributed by atoms with Gasteiger partial charge in [0.2, 0.25) is 20.0 Å². The quantitative estimate of drug-likeness (QED) is 0.335. The van der Waals surface area contributed by atoms with Crippen molar-refractivity contribution in [1.82, 2.24) is 14.0 Å². The first-order valence-electron chi connectivity index (χ1n) is 10.9. The maximum Gasteiger partial charge on any atom is 0.259 e. The van der Waals surface area contributed by atoms with Crippen molar-refractivity contribution in [2.24, 2.45) is 5.10 Å². The van der Waals surface area contributed by atoms with Gasteiger partial charge in [-0.15, -0.1) is 0 Å². The van der Waals surface area contributed by atoms with Gasteiger partial charge < -0.3 is 0 Å². The third kappa shape index (κ3) is 5.73. The smallest absolute Gasteiger partial charge is 0.259 e. The molecule has 36 heavy (non-hydrogen) atoms. The molecule has 1 N–H and O–H groups in total. The Morgan fingerprint density at radius 2 is 1.39 bits per heavy atom. The second-order valence-corrected chi connectivity index (χ2v) is 12.7. The number of carbonyl (C=O) groups is 1. The average molecular weight is 592 g/mol. The molecule has 188 valence electrons. The highest BCUT2D eigenvalue weighted by Crippen LogP contribution is 2.25. The van der Waals surface area contributed by atoms with E-state index in [9.17, 15) is 21.6 Å². The molecule has 1 aliphatic rings. The minimum absolute atomic E-state index is 0.0144. The summed E-state index contributed by atoms with van der Waals surface area (Å²) in [6, 6.07) is 21.4. The number of hydrogen-bond donors (Lipinski definition) is 1. The van der Waals surface area contributed by atoms with Crippen LogP contribution in [0.3, 0.4) is 0 Å². The zero-order valence-electron chi connectivity index (χ0n) is 18.9. The molecule has 1 aliphatic heterocycles. The molecule has 1 atom stereocenters. The third-order valence-electron chi connectivity index (χ3n) is 5.59. The Morgan fingerprint density at radius 1 is 0.833 bits per heavy atom. The third-order valence-corrected chi connectivity index (χ3v) is 9.92. The molecule has 3 aromatic carbocycles. The maximum atomic E-state index is 13.4. The van der Waals surface area contributed by atoms with Gasteiger partial charge in [0.1, 0.15) is 6.04 Å². The van der Waals surface area contributed by atoms with Gasteiger partial charge in [-0.1, -0.05) is 64.5 Å². The van der Waals surface area contributed by atoms with Crippen LogP contribution in [0.2, 0.25) is 0 Å². The lowest BCUT2D eigenvalue weighted by Gasteiger charge is -2.38. The number of halogens is 1. The normalized spacial score (nSPS) is 17.8. The number of amides is 1. The van der Waals surface area contributed by atoms with Crippen molar-refractivity contribution in [3.63, 3.8) is 0 Å². The predicted molar refractivity (Wildman–Crippen MR) is 139 cm³/mol. The van der Waals surface area contributed by atoms with Crippen LogP contribution in [0.4, 0.5) is 0 Å². The topological polar surface area (TPSA) is 116 Å². The van der Waals surface area contributed by atoms with Crippen LogP contribution < -0.4 is 5.43 Å². The lowest BCUT2D eigenvalue weighted by Crippen LogP contribution is -2.60. The minimum Gasteiger partial charge on any atom is -0.271 e. The summed E-state index contributed by atoms with van der Waals surface area (Å²) in [6.45, 7) is -0.657. The van der Waals surface area contributed by atoms with Crippen LogP contribution in [-0.4, -0.2) is 63.2 Å². The highest BCUT2D eigenvalue weighted by atomic mass is 79.9. The first-order valence-corrected chi connectivity index (χ1v) is 14.6. The lowest BCUT2D eigenvalue weighted by atomic mass is 10.2.